The summed E-state index contributed by atoms with van der Waals surface area (Å²) in [5.41, 5.74) is 1.88. The van der Waals surface area contributed by atoms with Crippen LogP contribution in [0.4, 0.5) is 4.79 Å². The first-order valence-corrected chi connectivity index (χ1v) is 10.2. The maximum atomic E-state index is 12.3. The third kappa shape index (κ3) is 4.34. The van der Waals surface area contributed by atoms with E-state index in [4.69, 9.17) is 16.3 Å². The highest BCUT2D eigenvalue weighted by Crippen LogP contribution is 2.33. The van der Waals surface area contributed by atoms with Gasteiger partial charge in [0.25, 0.3) is 5.19 Å². The summed E-state index contributed by atoms with van der Waals surface area (Å²) in [7, 11) is 0. The van der Waals surface area contributed by atoms with E-state index in [9.17, 15) is 4.79 Å². The van der Waals surface area contributed by atoms with Gasteiger partial charge in [-0.15, -0.1) is 0 Å². The molecule has 0 bridgehead atoms. The Morgan fingerprint density at radius 3 is 2.70 bits per heavy atom. The molecular formula is C20H20ClN3O2S. The van der Waals surface area contributed by atoms with Crippen molar-refractivity contribution in [2.24, 2.45) is 0 Å². The van der Waals surface area contributed by atoms with E-state index in [2.05, 4.69) is 10.3 Å². The lowest BCUT2D eigenvalue weighted by atomic mass is 10.1. The Morgan fingerprint density at radius 1 is 1.19 bits per heavy atom. The van der Waals surface area contributed by atoms with Crippen molar-refractivity contribution in [3.63, 3.8) is 0 Å². The predicted octanol–water partition coefficient (Wildman–Crippen LogP) is 4.70. The lowest BCUT2D eigenvalue weighted by Gasteiger charge is -2.31. The lowest BCUT2D eigenvalue weighted by Crippen LogP contribution is -2.46. The zero-order chi connectivity index (χ0) is 18.6. The van der Waals surface area contributed by atoms with E-state index < -0.39 is 0 Å². The second-order valence-electron chi connectivity index (χ2n) is 6.51. The Bertz CT molecular complexity index is 923. The van der Waals surface area contributed by atoms with Gasteiger partial charge in [-0.25, -0.2) is 9.78 Å². The minimum Gasteiger partial charge on any atom is -0.467 e. The third-order valence-electron chi connectivity index (χ3n) is 4.63. The highest BCUT2D eigenvalue weighted by atomic mass is 35.5. The van der Waals surface area contributed by atoms with Gasteiger partial charge in [-0.05, 0) is 17.7 Å². The van der Waals surface area contributed by atoms with Gasteiger partial charge in [0.1, 0.15) is 11.6 Å². The number of halogens is 1. The summed E-state index contributed by atoms with van der Waals surface area (Å²) in [5, 5.41) is 4.26. The number of hydrogen-bond acceptors (Lipinski definition) is 4. The van der Waals surface area contributed by atoms with E-state index in [1.54, 1.807) is 0 Å². The van der Waals surface area contributed by atoms with Crippen LogP contribution in [-0.2, 0) is 6.54 Å². The summed E-state index contributed by atoms with van der Waals surface area (Å²) in [6.45, 7) is 1.90. The second-order valence-corrected chi connectivity index (χ2v) is 7.92. The van der Waals surface area contributed by atoms with Gasteiger partial charge in [-0.2, -0.15) is 0 Å². The Labute approximate surface area is 166 Å². The van der Waals surface area contributed by atoms with Crippen molar-refractivity contribution < 1.29 is 9.53 Å². The molecule has 7 heteroatoms. The molecule has 1 saturated heterocycles. The fraction of sp³-hybridized carbons (Fsp3) is 0.300. The van der Waals surface area contributed by atoms with Crippen LogP contribution in [0.2, 0.25) is 5.02 Å². The van der Waals surface area contributed by atoms with Gasteiger partial charge < -0.3 is 15.0 Å². The topological polar surface area (TPSA) is 54.5 Å². The van der Waals surface area contributed by atoms with Gasteiger partial charge in [0.2, 0.25) is 0 Å². The van der Waals surface area contributed by atoms with E-state index in [1.807, 2.05) is 53.4 Å². The number of likely N-dealkylation sites (tertiary alicyclic amines) is 1. The first-order chi connectivity index (χ1) is 13.2. The van der Waals surface area contributed by atoms with Crippen LogP contribution < -0.4 is 10.1 Å². The summed E-state index contributed by atoms with van der Waals surface area (Å²) in [5.74, 6) is 0. The van der Waals surface area contributed by atoms with Crippen molar-refractivity contribution in [2.75, 3.05) is 13.1 Å². The molecule has 0 saturated carbocycles. The molecule has 0 atom stereocenters. The third-order valence-corrected chi connectivity index (χ3v) is 5.85. The number of nitrogens with one attached hydrogen (secondary N) is 1. The number of fused-ring (bicyclic) bond motifs is 1. The molecular weight excluding hydrogens is 382 g/mol. The molecule has 0 unspecified atom stereocenters. The van der Waals surface area contributed by atoms with E-state index in [-0.39, 0.29) is 12.1 Å². The van der Waals surface area contributed by atoms with Gasteiger partial charge in [-0.3, -0.25) is 0 Å². The van der Waals surface area contributed by atoms with Crippen molar-refractivity contribution >= 4 is 39.2 Å². The summed E-state index contributed by atoms with van der Waals surface area (Å²) in [4.78, 5) is 18.7. The summed E-state index contributed by atoms with van der Waals surface area (Å²) in [6.07, 6.45) is 1.66. The van der Waals surface area contributed by atoms with Crippen molar-refractivity contribution in [2.45, 2.75) is 25.5 Å². The lowest BCUT2D eigenvalue weighted by molar-refractivity contribution is 0.111. The average Bonchev–Trinajstić information content (AvgIpc) is 3.11. The molecule has 2 aromatic carbocycles. The monoisotopic (exact) mass is 401 g/mol. The van der Waals surface area contributed by atoms with Crippen LogP contribution in [0, 0.1) is 0 Å². The smallest absolute Gasteiger partial charge is 0.317 e. The molecule has 1 aliphatic heterocycles. The highest BCUT2D eigenvalue weighted by Gasteiger charge is 2.24. The SMILES string of the molecule is O=C(NCc1ccccc1)N1CCC(Oc2nc3c(Cl)cccc3s2)CC1. The van der Waals surface area contributed by atoms with Crippen LogP contribution in [0.5, 0.6) is 5.19 Å². The molecule has 5 nitrogen and oxygen atoms in total. The zero-order valence-electron chi connectivity index (χ0n) is 14.7. The molecule has 4 rings (SSSR count). The first kappa shape index (κ1) is 18.1. The van der Waals surface area contributed by atoms with Gasteiger partial charge in [-0.1, -0.05) is 59.3 Å². The van der Waals surface area contributed by atoms with Crippen molar-refractivity contribution in [3.05, 3.63) is 59.1 Å². The number of nitrogens with zero attached hydrogens (tertiary/aromatic N) is 2. The van der Waals surface area contributed by atoms with Gasteiger partial charge in [0, 0.05) is 32.5 Å². The number of rotatable bonds is 4. The number of urea groups is 1. The molecule has 1 aliphatic rings. The van der Waals surface area contributed by atoms with Gasteiger partial charge in [0.15, 0.2) is 0 Å². The summed E-state index contributed by atoms with van der Waals surface area (Å²) in [6, 6.07) is 15.6. The number of aromatic nitrogens is 1. The molecule has 2 amide bonds. The number of benzene rings is 2. The van der Waals surface area contributed by atoms with Crippen LogP contribution in [-0.4, -0.2) is 35.1 Å². The van der Waals surface area contributed by atoms with Crippen LogP contribution in [0.25, 0.3) is 10.2 Å². The average molecular weight is 402 g/mol. The Balaban J connectivity index is 1.28. The molecule has 0 spiro atoms. The van der Waals surface area contributed by atoms with Crippen LogP contribution >= 0.6 is 22.9 Å². The zero-order valence-corrected chi connectivity index (χ0v) is 16.3. The van der Waals surface area contributed by atoms with E-state index in [0.29, 0.717) is 29.9 Å². The highest BCUT2D eigenvalue weighted by molar-refractivity contribution is 7.20. The fourth-order valence-corrected chi connectivity index (χ4v) is 4.33. The minimum absolute atomic E-state index is 0.0240. The predicted molar refractivity (Wildman–Crippen MR) is 109 cm³/mol. The Kier molecular flexibility index (Phi) is 5.45. The number of carbonyl (C=O) groups is 1. The molecule has 1 fully saturated rings. The minimum atomic E-state index is -0.0240. The van der Waals surface area contributed by atoms with Crippen molar-refractivity contribution in [1.82, 2.24) is 15.2 Å². The number of hydrogen-bond donors (Lipinski definition) is 1. The summed E-state index contributed by atoms with van der Waals surface area (Å²) < 4.78 is 7.07. The van der Waals surface area contributed by atoms with Crippen LogP contribution in [0.15, 0.2) is 48.5 Å². The Morgan fingerprint density at radius 2 is 1.96 bits per heavy atom. The van der Waals surface area contributed by atoms with E-state index in [1.165, 1.54) is 11.3 Å². The number of carbonyl (C=O) groups excluding carboxylic acids is 1. The standard InChI is InChI=1S/C20H20ClN3O2S/c21-16-7-4-8-17-18(16)23-20(27-17)26-15-9-11-24(12-10-15)19(25)22-13-14-5-2-1-3-6-14/h1-8,15H,9-13H2,(H,22,25). The van der Waals surface area contributed by atoms with Crippen LogP contribution in [0.3, 0.4) is 0 Å². The fourth-order valence-electron chi connectivity index (χ4n) is 3.15. The molecule has 27 heavy (non-hydrogen) atoms. The number of piperidine rings is 1. The molecule has 1 N–H and O–H groups in total. The quantitative estimate of drug-likeness (QED) is 0.689. The van der Waals surface area contributed by atoms with E-state index >= 15 is 0 Å². The van der Waals surface area contributed by atoms with Crippen molar-refractivity contribution in [3.8, 4) is 5.19 Å². The molecule has 3 aromatic rings. The summed E-state index contributed by atoms with van der Waals surface area (Å²) >= 11 is 7.69. The number of thiazole rings is 1. The molecule has 1 aromatic heterocycles. The molecule has 0 aliphatic carbocycles. The number of para-hydroxylation sites is 1. The van der Waals surface area contributed by atoms with Gasteiger partial charge in [0.05, 0.1) is 9.72 Å². The van der Waals surface area contributed by atoms with E-state index in [0.717, 1.165) is 28.6 Å². The maximum absolute atomic E-state index is 12.3. The van der Waals surface area contributed by atoms with Gasteiger partial charge >= 0.3 is 6.03 Å². The molecule has 0 radical (unpaired) electrons. The van der Waals surface area contributed by atoms with Crippen LogP contribution in [0.1, 0.15) is 18.4 Å². The second kappa shape index (κ2) is 8.15. The number of ether oxygens (including phenoxy) is 1. The van der Waals surface area contributed by atoms with Crippen molar-refractivity contribution in [1.29, 1.82) is 0 Å². The Hall–Kier alpha value is -2.31. The largest absolute Gasteiger partial charge is 0.467 e. The molecule has 140 valence electrons. The first-order valence-electron chi connectivity index (χ1n) is 8.97. The maximum Gasteiger partial charge on any atom is 0.317 e. The normalized spacial score (nSPS) is 15.1. The number of amides is 2. The molecule has 2 heterocycles.